The molecule has 0 fully saturated rings. The largest absolute Gasteiger partial charge is 0.417 e. The van der Waals surface area contributed by atoms with Crippen LogP contribution in [0.3, 0.4) is 0 Å². The Bertz CT molecular complexity index is 607. The number of nitrogens with zero attached hydrogens (tertiary/aromatic N) is 3. The van der Waals surface area contributed by atoms with Gasteiger partial charge in [0.15, 0.2) is 0 Å². The number of benzene rings is 1. The smallest absolute Gasteiger partial charge is 0.322 e. The van der Waals surface area contributed by atoms with Gasteiger partial charge in [-0.25, -0.2) is 9.97 Å². The SMILES string of the molecule is O=[N+]([O-])c1cc(Cl)ccc1Oc1ncc(CBr)cn1. The van der Waals surface area contributed by atoms with Crippen LogP contribution in [0.5, 0.6) is 11.8 Å². The van der Waals surface area contributed by atoms with Gasteiger partial charge in [0.1, 0.15) is 0 Å². The minimum atomic E-state index is -0.575. The molecule has 0 aliphatic heterocycles. The molecule has 0 spiro atoms. The molecule has 0 saturated heterocycles. The molecule has 0 radical (unpaired) electrons. The lowest BCUT2D eigenvalue weighted by Gasteiger charge is -2.04. The predicted octanol–water partition coefficient (Wildman–Crippen LogP) is 3.73. The molecule has 19 heavy (non-hydrogen) atoms. The fourth-order valence-electron chi connectivity index (χ4n) is 1.28. The molecular formula is C11H7BrClN3O3. The summed E-state index contributed by atoms with van der Waals surface area (Å²) in [5, 5.41) is 11.8. The highest BCUT2D eigenvalue weighted by Gasteiger charge is 2.17. The molecule has 0 bridgehead atoms. The molecule has 1 aromatic heterocycles. The summed E-state index contributed by atoms with van der Waals surface area (Å²) in [5.74, 6) is 0.0426. The van der Waals surface area contributed by atoms with Gasteiger partial charge in [0.25, 0.3) is 0 Å². The van der Waals surface area contributed by atoms with Gasteiger partial charge in [0.2, 0.25) is 5.75 Å². The second-order valence-corrected chi connectivity index (χ2v) is 4.48. The first-order valence-electron chi connectivity index (χ1n) is 5.09. The lowest BCUT2D eigenvalue weighted by Crippen LogP contribution is -1.96. The maximum absolute atomic E-state index is 10.9. The van der Waals surface area contributed by atoms with Crippen molar-refractivity contribution in [3.8, 4) is 11.8 Å². The fraction of sp³-hybridized carbons (Fsp3) is 0.0909. The Kier molecular flexibility index (Phi) is 4.28. The summed E-state index contributed by atoms with van der Waals surface area (Å²) in [5.41, 5.74) is 0.638. The average molecular weight is 345 g/mol. The van der Waals surface area contributed by atoms with Crippen molar-refractivity contribution in [3.05, 3.63) is 51.3 Å². The van der Waals surface area contributed by atoms with Crippen molar-refractivity contribution in [1.82, 2.24) is 9.97 Å². The van der Waals surface area contributed by atoms with Crippen LogP contribution in [0.1, 0.15) is 5.56 Å². The topological polar surface area (TPSA) is 78.2 Å². The molecule has 1 aromatic carbocycles. The second-order valence-electron chi connectivity index (χ2n) is 3.48. The Balaban J connectivity index is 2.29. The highest BCUT2D eigenvalue weighted by Crippen LogP contribution is 2.32. The van der Waals surface area contributed by atoms with E-state index in [0.717, 1.165) is 5.56 Å². The quantitative estimate of drug-likeness (QED) is 0.480. The Morgan fingerprint density at radius 2 is 2.05 bits per heavy atom. The van der Waals surface area contributed by atoms with Crippen LogP contribution in [-0.2, 0) is 5.33 Å². The Hall–Kier alpha value is -1.73. The van der Waals surface area contributed by atoms with Crippen molar-refractivity contribution in [3.63, 3.8) is 0 Å². The molecule has 98 valence electrons. The van der Waals surface area contributed by atoms with Gasteiger partial charge in [0.05, 0.1) is 4.92 Å². The molecule has 0 unspecified atom stereocenters. The highest BCUT2D eigenvalue weighted by molar-refractivity contribution is 9.08. The number of nitro benzene ring substituents is 1. The first-order valence-corrected chi connectivity index (χ1v) is 6.59. The summed E-state index contributed by atoms with van der Waals surface area (Å²) < 4.78 is 5.29. The first kappa shape index (κ1) is 13.7. The van der Waals surface area contributed by atoms with Crippen LogP contribution in [0, 0.1) is 10.1 Å². The van der Waals surface area contributed by atoms with Gasteiger partial charge in [-0.05, 0) is 17.7 Å². The van der Waals surface area contributed by atoms with Crippen molar-refractivity contribution < 1.29 is 9.66 Å². The molecule has 0 atom stereocenters. The van der Waals surface area contributed by atoms with Crippen molar-refractivity contribution in [1.29, 1.82) is 0 Å². The van der Waals surface area contributed by atoms with Gasteiger partial charge in [-0.3, -0.25) is 10.1 Å². The third-order valence-electron chi connectivity index (χ3n) is 2.15. The average Bonchev–Trinajstić information content (AvgIpc) is 2.41. The van der Waals surface area contributed by atoms with E-state index in [4.69, 9.17) is 16.3 Å². The molecule has 0 aliphatic carbocycles. The Morgan fingerprint density at radius 3 is 2.63 bits per heavy atom. The lowest BCUT2D eigenvalue weighted by atomic mass is 10.3. The van der Waals surface area contributed by atoms with Crippen LogP contribution >= 0.6 is 27.5 Å². The zero-order chi connectivity index (χ0) is 13.8. The number of alkyl halides is 1. The van der Waals surface area contributed by atoms with Crippen LogP contribution in [0.4, 0.5) is 5.69 Å². The molecule has 2 rings (SSSR count). The normalized spacial score (nSPS) is 10.2. The van der Waals surface area contributed by atoms with Crippen LogP contribution in [-0.4, -0.2) is 14.9 Å². The molecule has 1 heterocycles. The zero-order valence-electron chi connectivity index (χ0n) is 9.42. The van der Waals surface area contributed by atoms with Crippen molar-refractivity contribution in [2.75, 3.05) is 0 Å². The second kappa shape index (κ2) is 5.94. The summed E-state index contributed by atoms with van der Waals surface area (Å²) in [6, 6.07) is 4.15. The van der Waals surface area contributed by atoms with E-state index >= 15 is 0 Å². The number of hydrogen-bond acceptors (Lipinski definition) is 5. The van der Waals surface area contributed by atoms with Crippen molar-refractivity contribution >= 4 is 33.2 Å². The van der Waals surface area contributed by atoms with Crippen LogP contribution < -0.4 is 4.74 Å². The lowest BCUT2D eigenvalue weighted by molar-refractivity contribution is -0.385. The summed E-state index contributed by atoms with van der Waals surface area (Å²) in [6.07, 6.45) is 3.14. The maximum Gasteiger partial charge on any atom is 0.322 e. The molecular weight excluding hydrogens is 337 g/mol. The summed E-state index contributed by atoms with van der Waals surface area (Å²) in [4.78, 5) is 18.2. The molecule has 8 heteroatoms. The third kappa shape index (κ3) is 3.39. The molecule has 0 amide bonds. The number of ether oxygens (including phenoxy) is 1. The van der Waals surface area contributed by atoms with Crippen molar-refractivity contribution in [2.24, 2.45) is 0 Å². The third-order valence-corrected chi connectivity index (χ3v) is 3.04. The number of hydrogen-bond donors (Lipinski definition) is 0. The summed E-state index contributed by atoms with van der Waals surface area (Å²) in [6.45, 7) is 0. The van der Waals surface area contributed by atoms with E-state index in [1.807, 2.05) is 0 Å². The van der Waals surface area contributed by atoms with E-state index in [-0.39, 0.29) is 22.5 Å². The number of aromatic nitrogens is 2. The molecule has 0 aliphatic rings. The number of rotatable bonds is 4. The zero-order valence-corrected chi connectivity index (χ0v) is 11.8. The predicted molar refractivity (Wildman–Crippen MR) is 72.8 cm³/mol. The standard InChI is InChI=1S/C11H7BrClN3O3/c12-4-7-5-14-11(15-6-7)19-10-2-1-8(13)3-9(10)16(17)18/h1-3,5-6H,4H2. The molecule has 0 saturated carbocycles. The van der Waals surface area contributed by atoms with Gasteiger partial charge in [-0.15, -0.1) is 0 Å². The maximum atomic E-state index is 10.9. The molecule has 0 N–H and O–H groups in total. The van der Waals surface area contributed by atoms with Gasteiger partial charge in [-0.1, -0.05) is 27.5 Å². The Morgan fingerprint density at radius 1 is 1.37 bits per heavy atom. The summed E-state index contributed by atoms with van der Waals surface area (Å²) in [7, 11) is 0. The fourth-order valence-corrected chi connectivity index (χ4v) is 1.74. The monoisotopic (exact) mass is 343 g/mol. The number of nitro groups is 1. The van der Waals surface area contributed by atoms with E-state index in [1.54, 1.807) is 12.4 Å². The summed E-state index contributed by atoms with van der Waals surface area (Å²) >= 11 is 8.97. The van der Waals surface area contributed by atoms with Gasteiger partial charge >= 0.3 is 11.7 Å². The van der Waals surface area contributed by atoms with E-state index in [0.29, 0.717) is 5.33 Å². The van der Waals surface area contributed by atoms with Crippen molar-refractivity contribution in [2.45, 2.75) is 5.33 Å². The van der Waals surface area contributed by atoms with E-state index < -0.39 is 4.92 Å². The van der Waals surface area contributed by atoms with Crippen LogP contribution in [0.25, 0.3) is 0 Å². The van der Waals surface area contributed by atoms with Crippen LogP contribution in [0.15, 0.2) is 30.6 Å². The molecule has 6 nitrogen and oxygen atoms in total. The van der Waals surface area contributed by atoms with E-state index in [9.17, 15) is 10.1 Å². The number of halogens is 2. The minimum Gasteiger partial charge on any atom is -0.417 e. The molecule has 2 aromatic rings. The first-order chi connectivity index (χ1) is 9.10. The van der Waals surface area contributed by atoms with Gasteiger partial charge in [-0.2, -0.15) is 0 Å². The van der Waals surface area contributed by atoms with Gasteiger partial charge in [0, 0.05) is 28.8 Å². The van der Waals surface area contributed by atoms with E-state index in [1.165, 1.54) is 18.2 Å². The van der Waals surface area contributed by atoms with Crippen LogP contribution in [0.2, 0.25) is 5.02 Å². The van der Waals surface area contributed by atoms with Gasteiger partial charge < -0.3 is 4.74 Å². The Labute approximate surface area is 121 Å². The highest BCUT2D eigenvalue weighted by atomic mass is 79.9. The minimum absolute atomic E-state index is 0.0372. The van der Waals surface area contributed by atoms with E-state index in [2.05, 4.69) is 25.9 Å².